The molecule has 0 bridgehead atoms. The van der Waals surface area contributed by atoms with E-state index < -0.39 is 0 Å². The number of rotatable bonds is 7. The fourth-order valence-corrected chi connectivity index (χ4v) is 4.90. The number of carbonyl (C=O) groups excluding carboxylic acids is 2. The van der Waals surface area contributed by atoms with E-state index in [1.165, 1.54) is 13.0 Å². The summed E-state index contributed by atoms with van der Waals surface area (Å²) in [6.45, 7) is 5.06. The predicted octanol–water partition coefficient (Wildman–Crippen LogP) is 3.53. The monoisotopic (exact) mass is 469 g/mol. The first-order chi connectivity index (χ1) is 16.4. The molecule has 0 saturated carbocycles. The van der Waals surface area contributed by atoms with E-state index >= 15 is 0 Å². The lowest BCUT2D eigenvalue weighted by Gasteiger charge is -2.37. The number of piperazine rings is 1. The Morgan fingerprint density at radius 2 is 1.76 bits per heavy atom. The SMILES string of the molecule is COc1ccc(OC)c(C2CCCN2C(=O)CN2CCN(c3ccc(C(C)=O)cc3F)CC2)c1. The largest absolute Gasteiger partial charge is 0.497 e. The van der Waals surface area contributed by atoms with E-state index in [2.05, 4.69) is 4.90 Å². The average molecular weight is 470 g/mol. The van der Waals surface area contributed by atoms with Crippen LogP contribution < -0.4 is 14.4 Å². The molecule has 0 aliphatic carbocycles. The van der Waals surface area contributed by atoms with Crippen LogP contribution in [0.5, 0.6) is 11.5 Å². The molecule has 2 heterocycles. The van der Waals surface area contributed by atoms with Crippen molar-refractivity contribution < 1.29 is 23.5 Å². The summed E-state index contributed by atoms with van der Waals surface area (Å²) in [4.78, 5) is 30.8. The second-order valence-corrected chi connectivity index (χ2v) is 8.84. The van der Waals surface area contributed by atoms with Gasteiger partial charge in [0.05, 0.1) is 32.5 Å². The number of halogens is 1. The molecule has 0 spiro atoms. The molecule has 8 heteroatoms. The quantitative estimate of drug-likeness (QED) is 0.578. The number of benzene rings is 2. The highest BCUT2D eigenvalue weighted by Gasteiger charge is 2.33. The zero-order chi connectivity index (χ0) is 24.2. The van der Waals surface area contributed by atoms with E-state index in [4.69, 9.17) is 9.47 Å². The van der Waals surface area contributed by atoms with Crippen LogP contribution in [-0.4, -0.2) is 75.0 Å². The number of likely N-dealkylation sites (tertiary alicyclic amines) is 1. The van der Waals surface area contributed by atoms with Gasteiger partial charge in [0.2, 0.25) is 5.91 Å². The first-order valence-electron chi connectivity index (χ1n) is 11.7. The normalized spacial score (nSPS) is 18.8. The minimum Gasteiger partial charge on any atom is -0.497 e. The third-order valence-electron chi connectivity index (χ3n) is 6.80. The van der Waals surface area contributed by atoms with Crippen LogP contribution in [0.1, 0.15) is 41.7 Å². The molecule has 34 heavy (non-hydrogen) atoms. The summed E-state index contributed by atoms with van der Waals surface area (Å²) in [6.07, 6.45) is 1.83. The molecule has 1 unspecified atom stereocenters. The van der Waals surface area contributed by atoms with Gasteiger partial charge in [-0.1, -0.05) is 0 Å². The van der Waals surface area contributed by atoms with Gasteiger partial charge in [-0.25, -0.2) is 4.39 Å². The number of hydrogen-bond acceptors (Lipinski definition) is 6. The molecule has 1 amide bonds. The Labute approximate surface area is 200 Å². The summed E-state index contributed by atoms with van der Waals surface area (Å²) in [7, 11) is 3.27. The van der Waals surface area contributed by atoms with Gasteiger partial charge in [0.15, 0.2) is 5.78 Å². The Kier molecular flexibility index (Phi) is 7.36. The van der Waals surface area contributed by atoms with E-state index in [9.17, 15) is 14.0 Å². The molecular formula is C26H32FN3O4. The molecule has 0 radical (unpaired) electrons. The van der Waals surface area contributed by atoms with Crippen LogP contribution in [0.2, 0.25) is 0 Å². The predicted molar refractivity (Wildman–Crippen MR) is 128 cm³/mol. The van der Waals surface area contributed by atoms with E-state index in [1.807, 2.05) is 28.0 Å². The van der Waals surface area contributed by atoms with Crippen molar-refractivity contribution in [2.24, 2.45) is 0 Å². The fourth-order valence-electron chi connectivity index (χ4n) is 4.90. The number of hydrogen-bond donors (Lipinski definition) is 0. The first kappa shape index (κ1) is 24.0. The van der Waals surface area contributed by atoms with Gasteiger partial charge in [-0.2, -0.15) is 0 Å². The maximum atomic E-state index is 14.5. The molecule has 2 aromatic carbocycles. The first-order valence-corrected chi connectivity index (χ1v) is 11.7. The van der Waals surface area contributed by atoms with Crippen molar-refractivity contribution in [3.63, 3.8) is 0 Å². The van der Waals surface area contributed by atoms with Crippen molar-refractivity contribution in [3.05, 3.63) is 53.3 Å². The molecule has 2 saturated heterocycles. The second kappa shape index (κ2) is 10.4. The smallest absolute Gasteiger partial charge is 0.237 e. The molecule has 2 aliphatic rings. The zero-order valence-corrected chi connectivity index (χ0v) is 20.1. The molecule has 2 aromatic rings. The van der Waals surface area contributed by atoms with E-state index in [1.54, 1.807) is 26.4 Å². The summed E-state index contributed by atoms with van der Waals surface area (Å²) < 4.78 is 25.5. The lowest BCUT2D eigenvalue weighted by Crippen LogP contribution is -2.50. The van der Waals surface area contributed by atoms with Gasteiger partial charge in [-0.05, 0) is 56.2 Å². The van der Waals surface area contributed by atoms with Crippen molar-refractivity contribution in [1.29, 1.82) is 0 Å². The highest BCUT2D eigenvalue weighted by atomic mass is 19.1. The van der Waals surface area contributed by atoms with Crippen LogP contribution in [0, 0.1) is 5.82 Å². The van der Waals surface area contributed by atoms with Crippen molar-refractivity contribution in [1.82, 2.24) is 9.80 Å². The molecule has 0 N–H and O–H groups in total. The van der Waals surface area contributed by atoms with Crippen LogP contribution in [-0.2, 0) is 4.79 Å². The highest BCUT2D eigenvalue weighted by Crippen LogP contribution is 2.39. The van der Waals surface area contributed by atoms with Crippen LogP contribution in [0.3, 0.4) is 0 Å². The maximum Gasteiger partial charge on any atom is 0.237 e. The lowest BCUT2D eigenvalue weighted by atomic mass is 10.0. The summed E-state index contributed by atoms with van der Waals surface area (Å²) in [5.41, 5.74) is 1.85. The summed E-state index contributed by atoms with van der Waals surface area (Å²) in [5, 5.41) is 0. The number of anilines is 1. The molecule has 0 aromatic heterocycles. The Morgan fingerprint density at radius 1 is 1.00 bits per heavy atom. The van der Waals surface area contributed by atoms with Gasteiger partial charge in [-0.15, -0.1) is 0 Å². The number of methoxy groups -OCH3 is 2. The highest BCUT2D eigenvalue weighted by molar-refractivity contribution is 5.94. The zero-order valence-electron chi connectivity index (χ0n) is 20.1. The van der Waals surface area contributed by atoms with Crippen LogP contribution in [0.15, 0.2) is 36.4 Å². The number of ketones is 1. The summed E-state index contributed by atoms with van der Waals surface area (Å²) in [6, 6.07) is 10.3. The topological polar surface area (TPSA) is 62.3 Å². The van der Waals surface area contributed by atoms with Crippen molar-refractivity contribution >= 4 is 17.4 Å². The fraction of sp³-hybridized carbons (Fsp3) is 0.462. The molecule has 2 aliphatic heterocycles. The molecule has 4 rings (SSSR count). The molecule has 182 valence electrons. The number of ether oxygens (including phenoxy) is 2. The minimum atomic E-state index is -0.385. The molecule has 7 nitrogen and oxygen atoms in total. The number of amides is 1. The molecule has 2 fully saturated rings. The van der Waals surface area contributed by atoms with Crippen LogP contribution >= 0.6 is 0 Å². The summed E-state index contributed by atoms with van der Waals surface area (Å²) >= 11 is 0. The van der Waals surface area contributed by atoms with Gasteiger partial charge < -0.3 is 19.3 Å². The minimum absolute atomic E-state index is 0.0345. The van der Waals surface area contributed by atoms with Crippen molar-refractivity contribution in [2.75, 3.05) is 58.4 Å². The maximum absolute atomic E-state index is 14.5. The van der Waals surface area contributed by atoms with Crippen LogP contribution in [0.25, 0.3) is 0 Å². The number of carbonyl (C=O) groups is 2. The van der Waals surface area contributed by atoms with Gasteiger partial charge in [0.1, 0.15) is 17.3 Å². The van der Waals surface area contributed by atoms with Gasteiger partial charge in [0.25, 0.3) is 0 Å². The van der Waals surface area contributed by atoms with E-state index in [-0.39, 0.29) is 23.5 Å². The second-order valence-electron chi connectivity index (χ2n) is 8.84. The van der Waals surface area contributed by atoms with Crippen LogP contribution in [0.4, 0.5) is 10.1 Å². The van der Waals surface area contributed by atoms with Crippen molar-refractivity contribution in [3.8, 4) is 11.5 Å². The average Bonchev–Trinajstić information content (AvgIpc) is 3.34. The number of nitrogens with zero attached hydrogens (tertiary/aromatic N) is 3. The Balaban J connectivity index is 1.38. The third kappa shape index (κ3) is 5.01. The van der Waals surface area contributed by atoms with Crippen molar-refractivity contribution in [2.45, 2.75) is 25.8 Å². The van der Waals surface area contributed by atoms with Gasteiger partial charge in [0, 0.05) is 43.9 Å². The lowest BCUT2D eigenvalue weighted by molar-refractivity contribution is -0.133. The molecule has 1 atom stereocenters. The summed E-state index contributed by atoms with van der Waals surface area (Å²) in [5.74, 6) is 1.06. The Hall–Kier alpha value is -3.13. The molecular weight excluding hydrogens is 437 g/mol. The van der Waals surface area contributed by atoms with Gasteiger partial charge in [-0.3, -0.25) is 14.5 Å². The Morgan fingerprint density at radius 3 is 2.41 bits per heavy atom. The van der Waals surface area contributed by atoms with E-state index in [0.29, 0.717) is 44.0 Å². The third-order valence-corrected chi connectivity index (χ3v) is 6.80. The van der Waals surface area contributed by atoms with Gasteiger partial charge >= 0.3 is 0 Å². The Bertz CT molecular complexity index is 1050. The van der Waals surface area contributed by atoms with E-state index in [0.717, 1.165) is 36.4 Å². The standard InChI is InChI=1S/C26H32FN3O4/c1-18(31)19-6-8-24(22(27)15-19)29-13-11-28(12-14-29)17-26(32)30-10-4-5-23(30)21-16-20(33-2)7-9-25(21)34-3/h6-9,15-16,23H,4-5,10-14,17H2,1-3H3. The number of Topliss-reactive ketones (excluding diaryl/α,β-unsaturated/α-hetero) is 1.